The fourth-order valence-electron chi connectivity index (χ4n) is 2.37. The molecule has 0 saturated heterocycles. The average Bonchev–Trinajstić information content (AvgIpc) is 2.72. The van der Waals surface area contributed by atoms with Crippen LogP contribution in [0.4, 0.5) is 0 Å². The zero-order valence-corrected chi connectivity index (χ0v) is 9.50. The number of para-hydroxylation sites is 1. The number of hydrogen-bond acceptors (Lipinski definition) is 3. The van der Waals surface area contributed by atoms with Gasteiger partial charge in [0.1, 0.15) is 11.6 Å². The maximum absolute atomic E-state index is 9.86. The van der Waals surface area contributed by atoms with Crippen molar-refractivity contribution in [3.05, 3.63) is 36.2 Å². The molecule has 4 heteroatoms. The molecular weight excluding hydrogens is 214 g/mol. The lowest BCUT2D eigenvalue weighted by Gasteiger charge is -2.21. The van der Waals surface area contributed by atoms with Gasteiger partial charge in [0.2, 0.25) is 0 Å². The number of fused-ring (bicyclic) bond motifs is 1. The van der Waals surface area contributed by atoms with E-state index >= 15 is 0 Å². The Kier molecular flexibility index (Phi) is 2.37. The Morgan fingerprint density at radius 3 is 3.00 bits per heavy atom. The van der Waals surface area contributed by atoms with Crippen LogP contribution >= 0.6 is 0 Å². The van der Waals surface area contributed by atoms with Gasteiger partial charge in [0.15, 0.2) is 0 Å². The van der Waals surface area contributed by atoms with E-state index in [0.717, 1.165) is 36.5 Å². The van der Waals surface area contributed by atoms with Crippen molar-refractivity contribution < 1.29 is 5.11 Å². The van der Waals surface area contributed by atoms with Crippen molar-refractivity contribution in [1.82, 2.24) is 9.55 Å². The molecule has 17 heavy (non-hydrogen) atoms. The van der Waals surface area contributed by atoms with Gasteiger partial charge < -0.3 is 15.4 Å². The number of hydrogen-bond donors (Lipinski definition) is 2. The van der Waals surface area contributed by atoms with Crippen molar-refractivity contribution in [3.63, 3.8) is 0 Å². The average molecular weight is 229 g/mol. The summed E-state index contributed by atoms with van der Waals surface area (Å²) < 4.78 is 2.15. The van der Waals surface area contributed by atoms with Gasteiger partial charge in [-0.05, 0) is 18.6 Å². The first-order chi connectivity index (χ1) is 8.25. The highest BCUT2D eigenvalue weighted by molar-refractivity contribution is 5.64. The number of phenols is 1. The van der Waals surface area contributed by atoms with E-state index in [-0.39, 0.29) is 11.8 Å². The predicted octanol–water partition coefficient (Wildman–Crippen LogP) is 1.53. The normalized spacial score (nSPS) is 19.0. The number of rotatable bonds is 1. The Labute approximate surface area is 99.7 Å². The summed E-state index contributed by atoms with van der Waals surface area (Å²) >= 11 is 0. The van der Waals surface area contributed by atoms with Crippen LogP contribution in [0.25, 0.3) is 11.4 Å². The maximum Gasteiger partial charge on any atom is 0.143 e. The summed E-state index contributed by atoms with van der Waals surface area (Å²) in [7, 11) is 0. The van der Waals surface area contributed by atoms with Crippen LogP contribution in [0.1, 0.15) is 12.1 Å². The highest BCUT2D eigenvalue weighted by Crippen LogP contribution is 2.30. The van der Waals surface area contributed by atoms with Crippen molar-refractivity contribution >= 4 is 0 Å². The topological polar surface area (TPSA) is 64.1 Å². The summed E-state index contributed by atoms with van der Waals surface area (Å²) in [5.41, 5.74) is 7.88. The molecule has 0 spiro atoms. The van der Waals surface area contributed by atoms with E-state index in [1.165, 1.54) is 0 Å². The summed E-state index contributed by atoms with van der Waals surface area (Å²) in [5.74, 6) is 1.11. The molecule has 4 nitrogen and oxygen atoms in total. The van der Waals surface area contributed by atoms with E-state index in [0.29, 0.717) is 0 Å². The molecule has 1 aliphatic rings. The molecule has 0 fully saturated rings. The number of benzene rings is 1. The molecule has 0 aliphatic carbocycles. The zero-order valence-electron chi connectivity index (χ0n) is 9.50. The lowest BCUT2D eigenvalue weighted by molar-refractivity contribution is 0.466. The molecule has 0 saturated carbocycles. The van der Waals surface area contributed by atoms with Gasteiger partial charge in [-0.2, -0.15) is 0 Å². The number of aromatic nitrogens is 2. The van der Waals surface area contributed by atoms with E-state index in [4.69, 9.17) is 5.73 Å². The fourth-order valence-corrected chi connectivity index (χ4v) is 2.37. The number of imidazole rings is 1. The van der Waals surface area contributed by atoms with Gasteiger partial charge in [0.25, 0.3) is 0 Å². The summed E-state index contributed by atoms with van der Waals surface area (Å²) in [4.78, 5) is 4.41. The molecule has 2 aromatic rings. The number of aromatic hydroxyl groups is 1. The van der Waals surface area contributed by atoms with Crippen LogP contribution in [-0.2, 0) is 13.0 Å². The van der Waals surface area contributed by atoms with Crippen molar-refractivity contribution in [2.24, 2.45) is 5.73 Å². The summed E-state index contributed by atoms with van der Waals surface area (Å²) in [5, 5.41) is 9.86. The molecule has 1 unspecified atom stereocenters. The second kappa shape index (κ2) is 3.89. The van der Waals surface area contributed by atoms with E-state index in [1.807, 2.05) is 24.4 Å². The lowest BCUT2D eigenvalue weighted by Crippen LogP contribution is -2.30. The Hall–Kier alpha value is -1.81. The standard InChI is InChI=1S/C13H15N3O/c14-9-5-6-16-10(7-9)8-15-13(16)11-3-1-2-4-12(11)17/h1-4,8-9,17H,5-7,14H2. The van der Waals surface area contributed by atoms with Crippen LogP contribution in [0.5, 0.6) is 5.75 Å². The van der Waals surface area contributed by atoms with Gasteiger partial charge in [-0.1, -0.05) is 12.1 Å². The van der Waals surface area contributed by atoms with Crippen LogP contribution in [0.3, 0.4) is 0 Å². The highest BCUT2D eigenvalue weighted by Gasteiger charge is 2.20. The van der Waals surface area contributed by atoms with Crippen LogP contribution in [0.15, 0.2) is 30.5 Å². The molecule has 1 aromatic carbocycles. The van der Waals surface area contributed by atoms with Gasteiger partial charge in [-0.15, -0.1) is 0 Å². The summed E-state index contributed by atoms with van der Waals surface area (Å²) in [6, 6.07) is 7.53. The molecule has 1 atom stereocenters. The largest absolute Gasteiger partial charge is 0.507 e. The zero-order chi connectivity index (χ0) is 11.8. The summed E-state index contributed by atoms with van der Waals surface area (Å²) in [6.07, 6.45) is 3.69. The molecule has 0 radical (unpaired) electrons. The summed E-state index contributed by atoms with van der Waals surface area (Å²) in [6.45, 7) is 0.875. The fraction of sp³-hybridized carbons (Fsp3) is 0.308. The van der Waals surface area contributed by atoms with Gasteiger partial charge in [0, 0.05) is 30.9 Å². The van der Waals surface area contributed by atoms with Crippen LogP contribution in [0.2, 0.25) is 0 Å². The third kappa shape index (κ3) is 1.70. The number of phenolic OH excluding ortho intramolecular Hbond substituents is 1. The molecular formula is C13H15N3O. The van der Waals surface area contributed by atoms with E-state index in [2.05, 4.69) is 9.55 Å². The quantitative estimate of drug-likeness (QED) is 0.779. The molecule has 2 heterocycles. The monoisotopic (exact) mass is 229 g/mol. The van der Waals surface area contributed by atoms with E-state index < -0.39 is 0 Å². The lowest BCUT2D eigenvalue weighted by atomic mass is 10.1. The van der Waals surface area contributed by atoms with Crippen molar-refractivity contribution in [2.45, 2.75) is 25.4 Å². The minimum atomic E-state index is 0.233. The molecule has 88 valence electrons. The Morgan fingerprint density at radius 1 is 1.35 bits per heavy atom. The smallest absolute Gasteiger partial charge is 0.143 e. The molecule has 1 aromatic heterocycles. The van der Waals surface area contributed by atoms with Gasteiger partial charge >= 0.3 is 0 Å². The SMILES string of the molecule is NC1CCn2c(cnc2-c2ccccc2O)C1. The second-order valence-corrected chi connectivity index (χ2v) is 4.49. The van der Waals surface area contributed by atoms with Gasteiger partial charge in [-0.25, -0.2) is 4.98 Å². The Bertz CT molecular complexity index is 547. The minimum Gasteiger partial charge on any atom is -0.507 e. The first kappa shape index (κ1) is 10.4. The molecule has 0 amide bonds. The van der Waals surface area contributed by atoms with Gasteiger partial charge in [-0.3, -0.25) is 0 Å². The molecule has 3 rings (SSSR count). The second-order valence-electron chi connectivity index (χ2n) is 4.49. The Morgan fingerprint density at radius 2 is 2.18 bits per heavy atom. The van der Waals surface area contributed by atoms with E-state index in [1.54, 1.807) is 6.07 Å². The number of nitrogens with two attached hydrogens (primary N) is 1. The van der Waals surface area contributed by atoms with Gasteiger partial charge in [0.05, 0.1) is 5.56 Å². The maximum atomic E-state index is 9.86. The first-order valence-corrected chi connectivity index (χ1v) is 5.84. The van der Waals surface area contributed by atoms with Crippen LogP contribution in [0, 0.1) is 0 Å². The van der Waals surface area contributed by atoms with Crippen molar-refractivity contribution in [2.75, 3.05) is 0 Å². The van der Waals surface area contributed by atoms with Crippen molar-refractivity contribution in [1.29, 1.82) is 0 Å². The molecule has 1 aliphatic heterocycles. The third-order valence-electron chi connectivity index (χ3n) is 3.28. The first-order valence-electron chi connectivity index (χ1n) is 5.84. The van der Waals surface area contributed by atoms with Crippen LogP contribution in [-0.4, -0.2) is 20.7 Å². The highest BCUT2D eigenvalue weighted by atomic mass is 16.3. The minimum absolute atomic E-state index is 0.233. The predicted molar refractivity (Wildman–Crippen MR) is 65.6 cm³/mol. The third-order valence-corrected chi connectivity index (χ3v) is 3.28. The molecule has 0 bridgehead atoms. The van der Waals surface area contributed by atoms with Crippen LogP contribution < -0.4 is 5.73 Å². The molecule has 3 N–H and O–H groups in total. The van der Waals surface area contributed by atoms with Crippen molar-refractivity contribution in [3.8, 4) is 17.1 Å². The number of nitrogens with zero attached hydrogens (tertiary/aromatic N) is 2. The Balaban J connectivity index is 2.09. The van der Waals surface area contributed by atoms with E-state index in [9.17, 15) is 5.11 Å².